The van der Waals surface area contributed by atoms with E-state index in [4.69, 9.17) is 9.47 Å². The number of rotatable bonds is 4. The summed E-state index contributed by atoms with van der Waals surface area (Å²) in [6, 6.07) is 10.1. The molecular formula is C20H25N3O2. The molecule has 0 radical (unpaired) electrons. The van der Waals surface area contributed by atoms with E-state index in [0.29, 0.717) is 0 Å². The Balaban J connectivity index is 1.41. The van der Waals surface area contributed by atoms with E-state index in [1.807, 2.05) is 42.7 Å². The van der Waals surface area contributed by atoms with E-state index >= 15 is 0 Å². The van der Waals surface area contributed by atoms with Gasteiger partial charge in [-0.25, -0.2) is 9.97 Å². The molecule has 4 rings (SSSR count). The maximum atomic E-state index is 6.07. The maximum Gasteiger partial charge on any atom is 0.159 e. The van der Waals surface area contributed by atoms with Crippen LogP contribution < -0.4 is 0 Å². The van der Waals surface area contributed by atoms with Gasteiger partial charge in [-0.3, -0.25) is 4.90 Å². The van der Waals surface area contributed by atoms with Gasteiger partial charge in [0.1, 0.15) is 0 Å². The van der Waals surface area contributed by atoms with Gasteiger partial charge < -0.3 is 9.47 Å². The number of piperidine rings is 1. The minimum atomic E-state index is -0.0566. The lowest BCUT2D eigenvalue weighted by atomic mass is 9.85. The van der Waals surface area contributed by atoms with E-state index in [0.717, 1.165) is 62.5 Å². The normalized spacial score (nSPS) is 27.0. The summed E-state index contributed by atoms with van der Waals surface area (Å²) in [5.41, 5.74) is 2.13. The molecule has 2 aliphatic heterocycles. The van der Waals surface area contributed by atoms with Gasteiger partial charge in [0.15, 0.2) is 5.82 Å². The molecule has 132 valence electrons. The van der Waals surface area contributed by atoms with Crippen LogP contribution in [-0.4, -0.2) is 53.4 Å². The van der Waals surface area contributed by atoms with E-state index in [1.54, 1.807) is 7.11 Å². The highest BCUT2D eigenvalue weighted by atomic mass is 16.5. The van der Waals surface area contributed by atoms with Crippen LogP contribution in [0.1, 0.15) is 24.8 Å². The average Bonchev–Trinajstić information content (AvgIpc) is 3.14. The third kappa shape index (κ3) is 3.45. The lowest BCUT2D eigenvalue weighted by Gasteiger charge is -2.44. The van der Waals surface area contributed by atoms with E-state index in [-0.39, 0.29) is 11.7 Å². The minimum absolute atomic E-state index is 0.0566. The van der Waals surface area contributed by atoms with Crippen molar-refractivity contribution in [2.24, 2.45) is 0 Å². The first-order chi connectivity index (χ1) is 12.3. The fourth-order valence-corrected chi connectivity index (χ4v) is 4.03. The second kappa shape index (κ2) is 7.20. The molecule has 2 saturated heterocycles. The van der Waals surface area contributed by atoms with Crippen LogP contribution in [0.15, 0.2) is 42.7 Å². The van der Waals surface area contributed by atoms with E-state index in [1.165, 1.54) is 0 Å². The highest BCUT2D eigenvalue weighted by Crippen LogP contribution is 2.37. The highest BCUT2D eigenvalue weighted by Gasteiger charge is 2.46. The molecule has 0 unspecified atom stereocenters. The van der Waals surface area contributed by atoms with Crippen molar-refractivity contribution in [3.8, 4) is 11.4 Å². The topological polar surface area (TPSA) is 47.5 Å². The molecule has 1 aromatic heterocycles. The second-order valence-electron chi connectivity index (χ2n) is 7.01. The number of aromatic nitrogens is 2. The Bertz CT molecular complexity index is 684. The third-order valence-electron chi connectivity index (χ3n) is 5.42. The van der Waals surface area contributed by atoms with Crippen molar-refractivity contribution >= 4 is 0 Å². The van der Waals surface area contributed by atoms with Crippen molar-refractivity contribution in [2.75, 3.05) is 26.8 Å². The number of likely N-dealkylation sites (tertiary alicyclic amines) is 1. The summed E-state index contributed by atoms with van der Waals surface area (Å²) in [7, 11) is 1.80. The van der Waals surface area contributed by atoms with Gasteiger partial charge in [0.05, 0.1) is 11.7 Å². The molecule has 0 bridgehead atoms. The summed E-state index contributed by atoms with van der Waals surface area (Å²) in [5.74, 6) is 0.774. The zero-order chi connectivity index (χ0) is 17.1. The number of ether oxygens (including phenoxy) is 2. The minimum Gasteiger partial charge on any atom is -0.377 e. The van der Waals surface area contributed by atoms with Crippen molar-refractivity contribution < 1.29 is 9.47 Å². The molecule has 3 heterocycles. The molecule has 1 spiro atoms. The fourth-order valence-electron chi connectivity index (χ4n) is 4.03. The third-order valence-corrected chi connectivity index (χ3v) is 5.42. The van der Waals surface area contributed by atoms with Gasteiger partial charge in [0.2, 0.25) is 0 Å². The van der Waals surface area contributed by atoms with Gasteiger partial charge in [-0.1, -0.05) is 30.3 Å². The standard InChI is InChI=1S/C20H25N3O2/c1-24-18-15-23(10-9-20(18)8-5-11-25-20)14-16-12-21-19(22-13-16)17-6-3-2-4-7-17/h2-4,6-7,12-13,18H,5,8-11,14-15H2,1H3/t18-,20-/m0/s1. The molecule has 2 atom stereocenters. The summed E-state index contributed by atoms with van der Waals surface area (Å²) in [6.07, 6.45) is 7.33. The van der Waals surface area contributed by atoms with Crippen LogP contribution in [0.2, 0.25) is 0 Å². The second-order valence-corrected chi connectivity index (χ2v) is 7.01. The molecule has 5 heteroatoms. The average molecular weight is 339 g/mol. The maximum absolute atomic E-state index is 6.07. The van der Waals surface area contributed by atoms with Crippen molar-refractivity contribution in [3.05, 3.63) is 48.3 Å². The molecule has 5 nitrogen and oxygen atoms in total. The van der Waals surface area contributed by atoms with Crippen LogP contribution in [0.3, 0.4) is 0 Å². The van der Waals surface area contributed by atoms with Crippen molar-refractivity contribution in [2.45, 2.75) is 37.5 Å². The molecule has 2 fully saturated rings. The van der Waals surface area contributed by atoms with Crippen LogP contribution in [-0.2, 0) is 16.0 Å². The number of methoxy groups -OCH3 is 1. The molecular weight excluding hydrogens is 314 g/mol. The van der Waals surface area contributed by atoms with E-state index < -0.39 is 0 Å². The zero-order valence-electron chi connectivity index (χ0n) is 14.7. The Morgan fingerprint density at radius 3 is 2.68 bits per heavy atom. The Kier molecular flexibility index (Phi) is 4.79. The molecule has 2 aliphatic rings. The Labute approximate surface area is 149 Å². The number of hydrogen-bond acceptors (Lipinski definition) is 5. The van der Waals surface area contributed by atoms with Crippen molar-refractivity contribution in [1.29, 1.82) is 0 Å². The fraction of sp³-hybridized carbons (Fsp3) is 0.500. The van der Waals surface area contributed by atoms with Crippen LogP contribution in [0.5, 0.6) is 0 Å². The molecule has 1 aromatic carbocycles. The van der Waals surface area contributed by atoms with Crippen LogP contribution >= 0.6 is 0 Å². The molecule has 25 heavy (non-hydrogen) atoms. The Hall–Kier alpha value is -1.82. The van der Waals surface area contributed by atoms with E-state index in [9.17, 15) is 0 Å². The number of hydrogen-bond donors (Lipinski definition) is 0. The molecule has 0 aliphatic carbocycles. The van der Waals surface area contributed by atoms with Gasteiger partial charge in [-0.15, -0.1) is 0 Å². The molecule has 2 aromatic rings. The largest absolute Gasteiger partial charge is 0.377 e. The van der Waals surface area contributed by atoms with Gasteiger partial charge in [-0.05, 0) is 19.3 Å². The first-order valence-electron chi connectivity index (χ1n) is 9.04. The number of nitrogens with zero attached hydrogens (tertiary/aromatic N) is 3. The monoisotopic (exact) mass is 339 g/mol. The smallest absolute Gasteiger partial charge is 0.159 e. The van der Waals surface area contributed by atoms with Gasteiger partial charge in [-0.2, -0.15) is 0 Å². The molecule has 0 N–H and O–H groups in total. The lowest BCUT2D eigenvalue weighted by molar-refractivity contribution is -0.143. The molecule has 0 saturated carbocycles. The van der Waals surface area contributed by atoms with Crippen LogP contribution in [0.25, 0.3) is 11.4 Å². The summed E-state index contributed by atoms with van der Waals surface area (Å²) in [6.45, 7) is 3.65. The quantitative estimate of drug-likeness (QED) is 0.857. The van der Waals surface area contributed by atoms with E-state index in [2.05, 4.69) is 14.9 Å². The lowest BCUT2D eigenvalue weighted by Crippen LogP contribution is -2.55. The predicted octanol–water partition coefficient (Wildman–Crippen LogP) is 2.91. The summed E-state index contributed by atoms with van der Waals surface area (Å²) >= 11 is 0. The first kappa shape index (κ1) is 16.6. The number of benzene rings is 1. The van der Waals surface area contributed by atoms with Gasteiger partial charge in [0, 0.05) is 56.9 Å². The zero-order valence-corrected chi connectivity index (χ0v) is 14.7. The van der Waals surface area contributed by atoms with Crippen molar-refractivity contribution in [1.82, 2.24) is 14.9 Å². The Morgan fingerprint density at radius 1 is 1.20 bits per heavy atom. The SMILES string of the molecule is CO[C@H]1CN(Cc2cnc(-c3ccccc3)nc2)CC[C@@]12CCCO2. The van der Waals surface area contributed by atoms with Crippen LogP contribution in [0.4, 0.5) is 0 Å². The van der Waals surface area contributed by atoms with Crippen LogP contribution in [0, 0.1) is 0 Å². The summed E-state index contributed by atoms with van der Waals surface area (Å²) in [5, 5.41) is 0. The summed E-state index contributed by atoms with van der Waals surface area (Å²) in [4.78, 5) is 11.5. The van der Waals surface area contributed by atoms with Gasteiger partial charge in [0.25, 0.3) is 0 Å². The predicted molar refractivity (Wildman–Crippen MR) is 96.1 cm³/mol. The van der Waals surface area contributed by atoms with Crippen molar-refractivity contribution in [3.63, 3.8) is 0 Å². The summed E-state index contributed by atoms with van der Waals surface area (Å²) < 4.78 is 11.8. The molecule has 0 amide bonds. The first-order valence-corrected chi connectivity index (χ1v) is 9.04. The Morgan fingerprint density at radius 2 is 2.00 bits per heavy atom. The van der Waals surface area contributed by atoms with Gasteiger partial charge >= 0.3 is 0 Å². The highest BCUT2D eigenvalue weighted by molar-refractivity contribution is 5.53.